The maximum atomic E-state index is 13.1. The van der Waals surface area contributed by atoms with E-state index in [1.54, 1.807) is 31.3 Å². The van der Waals surface area contributed by atoms with Crippen LogP contribution in [0.4, 0.5) is 5.69 Å². The molecule has 2 heterocycles. The molecule has 0 fully saturated rings. The zero-order valence-corrected chi connectivity index (χ0v) is 16.0. The number of carbonyl (C=O) groups excluding carboxylic acids is 2. The Morgan fingerprint density at radius 3 is 2.46 bits per heavy atom. The molecular formula is C22H21NO5. The van der Waals surface area contributed by atoms with Crippen molar-refractivity contribution in [2.75, 3.05) is 25.7 Å². The molecule has 1 atom stereocenters. The van der Waals surface area contributed by atoms with Gasteiger partial charge in [-0.2, -0.15) is 0 Å². The summed E-state index contributed by atoms with van der Waals surface area (Å²) in [6.45, 7) is 2.07. The Morgan fingerprint density at radius 1 is 1.04 bits per heavy atom. The molecule has 0 bridgehead atoms. The summed E-state index contributed by atoms with van der Waals surface area (Å²) >= 11 is 0. The van der Waals surface area contributed by atoms with Gasteiger partial charge in [0.15, 0.2) is 0 Å². The van der Waals surface area contributed by atoms with Crippen LogP contribution in [-0.4, -0.2) is 32.7 Å². The van der Waals surface area contributed by atoms with Gasteiger partial charge in [-0.15, -0.1) is 0 Å². The van der Waals surface area contributed by atoms with Crippen molar-refractivity contribution in [2.45, 2.75) is 19.3 Å². The lowest BCUT2D eigenvalue weighted by atomic mass is 9.83. The van der Waals surface area contributed by atoms with E-state index in [1.165, 1.54) is 0 Å². The van der Waals surface area contributed by atoms with E-state index in [4.69, 9.17) is 14.2 Å². The first-order valence-electron chi connectivity index (χ1n) is 9.05. The van der Waals surface area contributed by atoms with Gasteiger partial charge in [0.05, 0.1) is 25.5 Å². The third-order valence-corrected chi connectivity index (χ3v) is 5.23. The molecule has 2 aliphatic heterocycles. The highest BCUT2D eigenvalue weighted by molar-refractivity contribution is 6.06. The average molecular weight is 379 g/mol. The lowest BCUT2D eigenvalue weighted by Gasteiger charge is -2.32. The molecule has 2 aromatic carbocycles. The minimum atomic E-state index is -0.417. The minimum absolute atomic E-state index is 0.0798. The summed E-state index contributed by atoms with van der Waals surface area (Å²) in [5.74, 6) is 0.339. The molecule has 0 unspecified atom stereocenters. The van der Waals surface area contributed by atoms with Crippen molar-refractivity contribution in [3.05, 3.63) is 64.9 Å². The number of hydrogen-bond acceptors (Lipinski definition) is 5. The maximum Gasteiger partial charge on any atom is 0.336 e. The molecule has 28 heavy (non-hydrogen) atoms. The zero-order valence-electron chi connectivity index (χ0n) is 16.0. The summed E-state index contributed by atoms with van der Waals surface area (Å²) in [6, 6.07) is 13.1. The molecule has 4 rings (SSSR count). The second-order valence-corrected chi connectivity index (χ2v) is 6.87. The third-order valence-electron chi connectivity index (χ3n) is 5.23. The van der Waals surface area contributed by atoms with E-state index in [0.29, 0.717) is 22.8 Å². The van der Waals surface area contributed by atoms with Gasteiger partial charge < -0.3 is 14.2 Å². The number of aryl methyl sites for hydroxylation is 1. The number of amides is 1. The quantitative estimate of drug-likeness (QED) is 0.763. The van der Waals surface area contributed by atoms with Gasteiger partial charge in [0.1, 0.15) is 18.1 Å². The predicted molar refractivity (Wildman–Crippen MR) is 104 cm³/mol. The van der Waals surface area contributed by atoms with E-state index in [9.17, 15) is 9.59 Å². The fourth-order valence-corrected chi connectivity index (χ4v) is 3.82. The summed E-state index contributed by atoms with van der Waals surface area (Å²) in [4.78, 5) is 27.3. The zero-order chi connectivity index (χ0) is 19.8. The number of esters is 1. The van der Waals surface area contributed by atoms with Crippen molar-refractivity contribution >= 4 is 17.6 Å². The number of nitrogens with zero attached hydrogens (tertiary/aromatic N) is 1. The Kier molecular flexibility index (Phi) is 4.55. The van der Waals surface area contributed by atoms with Crippen LogP contribution in [0.2, 0.25) is 0 Å². The molecule has 0 aromatic heterocycles. The standard InChI is InChI=1S/C22H21NO5/c1-13-4-6-14(7-5-13)23-18-12-28-22(25)21(18)17(11-20(23)24)16-9-8-15(26-2)10-19(16)27-3/h4-10,17H,11-12H2,1-3H3/t17-/m1/s1. The first kappa shape index (κ1) is 18.1. The number of anilines is 1. The van der Waals surface area contributed by atoms with Crippen LogP contribution in [0.5, 0.6) is 11.5 Å². The summed E-state index contributed by atoms with van der Waals surface area (Å²) < 4.78 is 16.1. The van der Waals surface area contributed by atoms with E-state index in [0.717, 1.165) is 16.8 Å². The Bertz CT molecular complexity index is 977. The largest absolute Gasteiger partial charge is 0.497 e. The van der Waals surface area contributed by atoms with Gasteiger partial charge in [-0.3, -0.25) is 9.69 Å². The van der Waals surface area contributed by atoms with Crippen molar-refractivity contribution in [3.63, 3.8) is 0 Å². The second kappa shape index (κ2) is 7.03. The SMILES string of the molecule is COc1ccc([C@H]2CC(=O)N(c3ccc(C)cc3)C3=C2C(=O)OC3)c(OC)c1. The van der Waals surface area contributed by atoms with E-state index in [2.05, 4.69) is 0 Å². The molecule has 6 nitrogen and oxygen atoms in total. The Balaban J connectivity index is 1.83. The van der Waals surface area contributed by atoms with Crippen LogP contribution in [-0.2, 0) is 14.3 Å². The second-order valence-electron chi connectivity index (χ2n) is 6.87. The van der Waals surface area contributed by atoms with Crippen LogP contribution >= 0.6 is 0 Å². The molecule has 2 aliphatic rings. The van der Waals surface area contributed by atoms with Crippen molar-refractivity contribution in [3.8, 4) is 11.5 Å². The maximum absolute atomic E-state index is 13.1. The highest BCUT2D eigenvalue weighted by Crippen LogP contribution is 2.45. The number of ether oxygens (including phenoxy) is 3. The highest BCUT2D eigenvalue weighted by Gasteiger charge is 2.43. The van der Waals surface area contributed by atoms with Gasteiger partial charge in [-0.1, -0.05) is 23.8 Å². The topological polar surface area (TPSA) is 65.1 Å². The molecule has 1 amide bonds. The van der Waals surface area contributed by atoms with Crippen LogP contribution in [0.15, 0.2) is 53.7 Å². The highest BCUT2D eigenvalue weighted by atomic mass is 16.5. The van der Waals surface area contributed by atoms with Crippen LogP contribution in [0.1, 0.15) is 23.5 Å². The fourth-order valence-electron chi connectivity index (χ4n) is 3.82. The Hall–Kier alpha value is -3.28. The molecule has 0 spiro atoms. The number of benzene rings is 2. The molecular weight excluding hydrogens is 358 g/mol. The fraction of sp³-hybridized carbons (Fsp3) is 0.273. The Morgan fingerprint density at radius 2 is 1.79 bits per heavy atom. The van der Waals surface area contributed by atoms with Crippen molar-refractivity contribution in [1.29, 1.82) is 0 Å². The van der Waals surface area contributed by atoms with E-state index in [1.807, 2.05) is 37.3 Å². The molecule has 6 heteroatoms. The molecule has 144 valence electrons. The molecule has 2 aromatic rings. The molecule has 0 aliphatic carbocycles. The van der Waals surface area contributed by atoms with Gasteiger partial charge in [0.2, 0.25) is 5.91 Å². The number of rotatable bonds is 4. The van der Waals surface area contributed by atoms with Crippen molar-refractivity contribution in [1.82, 2.24) is 0 Å². The molecule has 0 saturated carbocycles. The van der Waals surface area contributed by atoms with Gasteiger partial charge in [0, 0.05) is 29.7 Å². The van der Waals surface area contributed by atoms with Gasteiger partial charge >= 0.3 is 5.97 Å². The summed E-state index contributed by atoms with van der Waals surface area (Å²) in [5, 5.41) is 0. The van der Waals surface area contributed by atoms with Crippen LogP contribution < -0.4 is 14.4 Å². The Labute approximate surface area is 163 Å². The molecule has 0 radical (unpaired) electrons. The number of hydrogen-bond donors (Lipinski definition) is 0. The summed E-state index contributed by atoms with van der Waals surface area (Å²) in [5.41, 5.74) is 3.73. The third kappa shape index (κ3) is 2.91. The van der Waals surface area contributed by atoms with Crippen LogP contribution in [0.3, 0.4) is 0 Å². The normalized spacial score (nSPS) is 18.8. The van der Waals surface area contributed by atoms with E-state index in [-0.39, 0.29) is 24.9 Å². The smallest absolute Gasteiger partial charge is 0.336 e. The number of methoxy groups -OCH3 is 2. The van der Waals surface area contributed by atoms with Gasteiger partial charge in [0.25, 0.3) is 0 Å². The monoisotopic (exact) mass is 379 g/mol. The molecule has 0 N–H and O–H groups in total. The first-order valence-corrected chi connectivity index (χ1v) is 9.05. The van der Waals surface area contributed by atoms with Gasteiger partial charge in [-0.05, 0) is 25.1 Å². The van der Waals surface area contributed by atoms with Crippen LogP contribution in [0, 0.1) is 6.92 Å². The lowest BCUT2D eigenvalue weighted by molar-refractivity contribution is -0.136. The van der Waals surface area contributed by atoms with Crippen molar-refractivity contribution < 1.29 is 23.8 Å². The average Bonchev–Trinajstić information content (AvgIpc) is 3.09. The van der Waals surface area contributed by atoms with E-state index >= 15 is 0 Å². The van der Waals surface area contributed by atoms with Gasteiger partial charge in [-0.25, -0.2) is 4.79 Å². The predicted octanol–water partition coefficient (Wildman–Crippen LogP) is 3.34. The summed E-state index contributed by atoms with van der Waals surface area (Å²) in [7, 11) is 3.14. The number of cyclic esters (lactones) is 1. The van der Waals surface area contributed by atoms with E-state index < -0.39 is 5.92 Å². The number of carbonyl (C=O) groups is 2. The lowest BCUT2D eigenvalue weighted by Crippen LogP contribution is -2.37. The van der Waals surface area contributed by atoms with Crippen LogP contribution in [0.25, 0.3) is 0 Å². The minimum Gasteiger partial charge on any atom is -0.497 e. The first-order chi connectivity index (χ1) is 13.5. The molecule has 0 saturated heterocycles. The van der Waals surface area contributed by atoms with Crippen molar-refractivity contribution in [2.24, 2.45) is 0 Å². The summed E-state index contributed by atoms with van der Waals surface area (Å²) in [6.07, 6.45) is 0.157.